The maximum Gasteiger partial charge on any atom is 0.221 e. The first kappa shape index (κ1) is 13.1. The highest BCUT2D eigenvalue weighted by Gasteiger charge is 2.27. The number of nitrogens with zero attached hydrogens (tertiary/aromatic N) is 1. The number of carbonyl (C=O) groups is 1. The Kier molecular flexibility index (Phi) is 4.37. The Morgan fingerprint density at radius 1 is 1.33 bits per heavy atom. The molecule has 0 bridgehead atoms. The zero-order valence-corrected chi connectivity index (χ0v) is 11.0. The van der Waals surface area contributed by atoms with E-state index in [4.69, 9.17) is 5.73 Å². The predicted octanol–water partition coefficient (Wildman–Crippen LogP) is 1.81. The number of hydrogen-bond donors (Lipinski definition) is 1. The maximum atomic E-state index is 11.3. The van der Waals surface area contributed by atoms with Crippen LogP contribution in [-0.4, -0.2) is 29.9 Å². The van der Waals surface area contributed by atoms with Crippen molar-refractivity contribution in [3.63, 3.8) is 0 Å². The van der Waals surface area contributed by atoms with Crippen LogP contribution in [0, 0.1) is 5.92 Å². The van der Waals surface area contributed by atoms with Gasteiger partial charge in [0.2, 0.25) is 5.91 Å². The molecule has 1 aromatic rings. The highest BCUT2D eigenvalue weighted by molar-refractivity contribution is 5.76. The maximum absolute atomic E-state index is 11.3. The third kappa shape index (κ3) is 3.33. The van der Waals surface area contributed by atoms with Crippen molar-refractivity contribution >= 4 is 5.91 Å². The average Bonchev–Trinajstić information content (AvgIpc) is 2.38. The van der Waals surface area contributed by atoms with E-state index >= 15 is 0 Å². The summed E-state index contributed by atoms with van der Waals surface area (Å²) in [5.74, 6) is -0.108. The third-order valence-electron chi connectivity index (χ3n) is 3.94. The second-order valence-electron chi connectivity index (χ2n) is 5.26. The molecular formula is C15H22N2O. The summed E-state index contributed by atoms with van der Waals surface area (Å²) in [6, 6.07) is 11.0. The van der Waals surface area contributed by atoms with Gasteiger partial charge < -0.3 is 5.73 Å². The number of piperidine rings is 1. The number of carbonyl (C=O) groups excluding carboxylic acids is 1. The molecule has 1 aliphatic rings. The molecule has 1 aromatic carbocycles. The molecule has 2 rings (SSSR count). The molecule has 1 heterocycles. The first-order valence-corrected chi connectivity index (χ1v) is 6.74. The van der Waals surface area contributed by atoms with Gasteiger partial charge in [-0.05, 0) is 31.7 Å². The second-order valence-corrected chi connectivity index (χ2v) is 5.26. The van der Waals surface area contributed by atoms with Crippen LogP contribution in [0.1, 0.15) is 25.3 Å². The van der Waals surface area contributed by atoms with Crippen LogP contribution in [0.25, 0.3) is 0 Å². The molecule has 0 radical (unpaired) electrons. The minimum absolute atomic E-state index is 0.0389. The molecular weight excluding hydrogens is 224 g/mol. The minimum Gasteiger partial charge on any atom is -0.369 e. The molecule has 3 heteroatoms. The molecule has 0 aromatic heterocycles. The summed E-state index contributed by atoms with van der Waals surface area (Å²) in [4.78, 5) is 13.7. The fourth-order valence-electron chi connectivity index (χ4n) is 2.64. The van der Waals surface area contributed by atoms with Crippen molar-refractivity contribution in [2.75, 3.05) is 13.1 Å². The van der Waals surface area contributed by atoms with Gasteiger partial charge in [0.1, 0.15) is 0 Å². The zero-order valence-electron chi connectivity index (χ0n) is 11.0. The summed E-state index contributed by atoms with van der Waals surface area (Å²) < 4.78 is 0. The molecule has 98 valence electrons. The van der Waals surface area contributed by atoms with Crippen LogP contribution in [-0.2, 0) is 11.2 Å². The van der Waals surface area contributed by atoms with Gasteiger partial charge in [-0.3, -0.25) is 9.69 Å². The second kappa shape index (κ2) is 6.01. The van der Waals surface area contributed by atoms with Gasteiger partial charge in [0.25, 0.3) is 0 Å². The molecule has 1 amide bonds. The summed E-state index contributed by atoms with van der Waals surface area (Å²) in [5.41, 5.74) is 6.77. The van der Waals surface area contributed by atoms with Crippen LogP contribution in [0.2, 0.25) is 0 Å². The lowest BCUT2D eigenvalue weighted by molar-refractivity contribution is -0.123. The van der Waals surface area contributed by atoms with E-state index in [2.05, 4.69) is 36.1 Å². The number of nitrogens with two attached hydrogens (primary N) is 1. The van der Waals surface area contributed by atoms with Crippen molar-refractivity contribution in [3.05, 3.63) is 35.9 Å². The lowest BCUT2D eigenvalue weighted by Gasteiger charge is -2.36. The van der Waals surface area contributed by atoms with E-state index in [0.717, 1.165) is 32.4 Å². The van der Waals surface area contributed by atoms with E-state index < -0.39 is 0 Å². The van der Waals surface area contributed by atoms with Crippen molar-refractivity contribution in [2.24, 2.45) is 11.7 Å². The van der Waals surface area contributed by atoms with Crippen LogP contribution < -0.4 is 5.73 Å². The molecule has 2 N–H and O–H groups in total. The molecule has 2 unspecified atom stereocenters. The largest absolute Gasteiger partial charge is 0.369 e. The van der Waals surface area contributed by atoms with Gasteiger partial charge in [0.15, 0.2) is 0 Å². The van der Waals surface area contributed by atoms with Crippen LogP contribution in [0.15, 0.2) is 30.3 Å². The Labute approximate surface area is 109 Å². The normalized spacial score (nSPS) is 24.9. The van der Waals surface area contributed by atoms with E-state index in [0.29, 0.717) is 6.04 Å². The lowest BCUT2D eigenvalue weighted by Crippen LogP contribution is -2.46. The van der Waals surface area contributed by atoms with Crippen molar-refractivity contribution in [1.29, 1.82) is 0 Å². The summed E-state index contributed by atoms with van der Waals surface area (Å²) in [5, 5.41) is 0. The molecule has 18 heavy (non-hydrogen) atoms. The summed E-state index contributed by atoms with van der Waals surface area (Å²) in [7, 11) is 0. The van der Waals surface area contributed by atoms with Gasteiger partial charge in [-0.2, -0.15) is 0 Å². The molecule has 3 nitrogen and oxygen atoms in total. The van der Waals surface area contributed by atoms with Crippen LogP contribution in [0.3, 0.4) is 0 Å². The Morgan fingerprint density at radius 2 is 2.06 bits per heavy atom. The Hall–Kier alpha value is -1.35. The number of likely N-dealkylation sites (tertiary alicyclic amines) is 1. The van der Waals surface area contributed by atoms with Gasteiger partial charge in [-0.25, -0.2) is 0 Å². The standard InChI is InChI=1S/C15H22N2O/c1-12-7-8-14(15(16)18)11-17(12)10-9-13-5-3-2-4-6-13/h2-6,12,14H,7-11H2,1H3,(H2,16,18). The highest BCUT2D eigenvalue weighted by atomic mass is 16.1. The van der Waals surface area contributed by atoms with Gasteiger partial charge in [-0.1, -0.05) is 30.3 Å². The molecule has 0 aliphatic carbocycles. The van der Waals surface area contributed by atoms with E-state index in [9.17, 15) is 4.79 Å². The topological polar surface area (TPSA) is 46.3 Å². The number of hydrogen-bond acceptors (Lipinski definition) is 2. The summed E-state index contributed by atoms with van der Waals surface area (Å²) in [6.07, 6.45) is 3.05. The SMILES string of the molecule is CC1CCC(C(N)=O)CN1CCc1ccccc1. The number of rotatable bonds is 4. The molecule has 0 spiro atoms. The van der Waals surface area contributed by atoms with Crippen LogP contribution in [0.5, 0.6) is 0 Å². The first-order valence-electron chi connectivity index (χ1n) is 6.74. The molecule has 1 fully saturated rings. The monoisotopic (exact) mass is 246 g/mol. The van der Waals surface area contributed by atoms with Crippen molar-refractivity contribution in [3.8, 4) is 0 Å². The zero-order chi connectivity index (χ0) is 13.0. The lowest BCUT2D eigenvalue weighted by atomic mass is 9.92. The number of benzene rings is 1. The van der Waals surface area contributed by atoms with Gasteiger partial charge in [-0.15, -0.1) is 0 Å². The fraction of sp³-hybridized carbons (Fsp3) is 0.533. The molecule has 0 saturated carbocycles. The van der Waals surface area contributed by atoms with E-state index in [1.54, 1.807) is 0 Å². The quantitative estimate of drug-likeness (QED) is 0.880. The fourth-order valence-corrected chi connectivity index (χ4v) is 2.64. The van der Waals surface area contributed by atoms with Crippen molar-refractivity contribution in [1.82, 2.24) is 4.90 Å². The van der Waals surface area contributed by atoms with Crippen LogP contribution >= 0.6 is 0 Å². The summed E-state index contributed by atoms with van der Waals surface area (Å²) in [6.45, 7) is 4.07. The molecule has 1 aliphatic heterocycles. The van der Waals surface area contributed by atoms with Crippen LogP contribution in [0.4, 0.5) is 0 Å². The average molecular weight is 246 g/mol. The molecule has 1 saturated heterocycles. The van der Waals surface area contributed by atoms with E-state index in [-0.39, 0.29) is 11.8 Å². The van der Waals surface area contributed by atoms with Crippen molar-refractivity contribution in [2.45, 2.75) is 32.2 Å². The summed E-state index contributed by atoms with van der Waals surface area (Å²) >= 11 is 0. The Balaban J connectivity index is 1.89. The van der Waals surface area contributed by atoms with Gasteiger partial charge in [0, 0.05) is 19.1 Å². The first-order chi connectivity index (χ1) is 8.66. The minimum atomic E-state index is -0.147. The number of amides is 1. The smallest absolute Gasteiger partial charge is 0.221 e. The van der Waals surface area contributed by atoms with Gasteiger partial charge >= 0.3 is 0 Å². The molecule has 2 atom stereocenters. The predicted molar refractivity (Wildman–Crippen MR) is 73.1 cm³/mol. The van der Waals surface area contributed by atoms with Crippen molar-refractivity contribution < 1.29 is 4.79 Å². The van der Waals surface area contributed by atoms with E-state index in [1.165, 1.54) is 5.56 Å². The Morgan fingerprint density at radius 3 is 2.72 bits per heavy atom. The Bertz CT molecular complexity index is 391. The highest BCUT2D eigenvalue weighted by Crippen LogP contribution is 2.21. The number of primary amides is 1. The van der Waals surface area contributed by atoms with Gasteiger partial charge in [0.05, 0.1) is 5.92 Å². The van der Waals surface area contributed by atoms with E-state index in [1.807, 2.05) is 6.07 Å². The third-order valence-corrected chi connectivity index (χ3v) is 3.94.